The van der Waals surface area contributed by atoms with Gasteiger partial charge in [0.15, 0.2) is 0 Å². The molecule has 0 unspecified atom stereocenters. The van der Waals surface area contributed by atoms with Crippen LogP contribution in [-0.4, -0.2) is 35.6 Å². The van der Waals surface area contributed by atoms with Crippen molar-refractivity contribution in [1.82, 2.24) is 14.9 Å². The number of likely N-dealkylation sites (N-methyl/N-ethyl adjacent to an activating group) is 1. The largest absolute Gasteiger partial charge is 0.497 e. The van der Waals surface area contributed by atoms with Gasteiger partial charge in [-0.15, -0.1) is 0 Å². The number of pyridine rings is 2. The van der Waals surface area contributed by atoms with Crippen molar-refractivity contribution in [2.75, 3.05) is 20.7 Å². The predicted octanol–water partition coefficient (Wildman–Crippen LogP) is 2.61. The molecule has 0 fully saturated rings. The minimum Gasteiger partial charge on any atom is -0.497 e. The molecular weight excluding hydrogens is 302 g/mol. The van der Waals surface area contributed by atoms with Crippen molar-refractivity contribution in [3.63, 3.8) is 0 Å². The van der Waals surface area contributed by atoms with Crippen molar-refractivity contribution in [3.8, 4) is 5.75 Å². The molecule has 124 valence electrons. The van der Waals surface area contributed by atoms with Crippen LogP contribution in [0.2, 0.25) is 0 Å². The van der Waals surface area contributed by atoms with Crippen LogP contribution >= 0.6 is 0 Å². The van der Waals surface area contributed by atoms with Crippen molar-refractivity contribution >= 4 is 10.9 Å². The molecule has 5 heteroatoms. The Morgan fingerprint density at radius 3 is 2.83 bits per heavy atom. The molecule has 0 saturated carbocycles. The molecule has 2 aromatic heterocycles. The van der Waals surface area contributed by atoms with Gasteiger partial charge in [-0.2, -0.15) is 0 Å². The number of hydrogen-bond acceptors (Lipinski definition) is 4. The summed E-state index contributed by atoms with van der Waals surface area (Å²) < 4.78 is 5.19. The molecule has 0 bridgehead atoms. The lowest BCUT2D eigenvalue weighted by Gasteiger charge is -2.16. The summed E-state index contributed by atoms with van der Waals surface area (Å²) in [6, 6.07) is 13.6. The van der Waals surface area contributed by atoms with Crippen LogP contribution in [0.4, 0.5) is 0 Å². The van der Waals surface area contributed by atoms with Crippen LogP contribution in [0, 0.1) is 0 Å². The number of H-pyrrole nitrogens is 1. The lowest BCUT2D eigenvalue weighted by atomic mass is 10.1. The van der Waals surface area contributed by atoms with E-state index >= 15 is 0 Å². The summed E-state index contributed by atoms with van der Waals surface area (Å²) in [4.78, 5) is 21.7. The van der Waals surface area contributed by atoms with Gasteiger partial charge in [0, 0.05) is 43.0 Å². The third-order valence-corrected chi connectivity index (χ3v) is 4.05. The number of aromatic nitrogens is 2. The van der Waals surface area contributed by atoms with Crippen LogP contribution in [-0.2, 0) is 13.0 Å². The van der Waals surface area contributed by atoms with Crippen molar-refractivity contribution in [1.29, 1.82) is 0 Å². The summed E-state index contributed by atoms with van der Waals surface area (Å²) in [7, 11) is 3.63. The zero-order chi connectivity index (χ0) is 16.9. The summed E-state index contributed by atoms with van der Waals surface area (Å²) in [6.07, 6.45) is 2.66. The highest BCUT2D eigenvalue weighted by atomic mass is 16.5. The second-order valence-electron chi connectivity index (χ2n) is 5.89. The Balaban J connectivity index is 1.72. The number of nitrogens with one attached hydrogen (secondary N) is 1. The van der Waals surface area contributed by atoms with Crippen LogP contribution < -0.4 is 10.3 Å². The van der Waals surface area contributed by atoms with Gasteiger partial charge >= 0.3 is 0 Å². The van der Waals surface area contributed by atoms with Crippen molar-refractivity contribution in [2.24, 2.45) is 0 Å². The van der Waals surface area contributed by atoms with Crippen molar-refractivity contribution < 1.29 is 4.74 Å². The number of methoxy groups -OCH3 is 1. The average Bonchev–Trinajstić information content (AvgIpc) is 2.61. The Labute approximate surface area is 140 Å². The van der Waals surface area contributed by atoms with Crippen LogP contribution in [0.3, 0.4) is 0 Å². The first kappa shape index (κ1) is 16.2. The first-order chi connectivity index (χ1) is 11.7. The molecule has 0 aliphatic rings. The number of aromatic amines is 1. The van der Waals surface area contributed by atoms with Crippen molar-refractivity contribution in [2.45, 2.75) is 13.0 Å². The highest BCUT2D eigenvalue weighted by Gasteiger charge is 2.08. The van der Waals surface area contributed by atoms with E-state index in [1.807, 2.05) is 49.5 Å². The molecule has 3 aromatic rings. The predicted molar refractivity (Wildman–Crippen MR) is 95.4 cm³/mol. The first-order valence-corrected chi connectivity index (χ1v) is 7.94. The number of fused-ring (bicyclic) bond motifs is 1. The Bertz CT molecular complexity index is 875. The van der Waals surface area contributed by atoms with Gasteiger partial charge in [0.25, 0.3) is 5.56 Å². The molecule has 3 rings (SSSR count). The fraction of sp³-hybridized carbons (Fsp3) is 0.263. The number of rotatable bonds is 6. The second kappa shape index (κ2) is 7.27. The van der Waals surface area contributed by atoms with E-state index in [2.05, 4.69) is 14.9 Å². The highest BCUT2D eigenvalue weighted by molar-refractivity contribution is 5.80. The Morgan fingerprint density at radius 2 is 2.08 bits per heavy atom. The zero-order valence-corrected chi connectivity index (χ0v) is 14.0. The van der Waals surface area contributed by atoms with Gasteiger partial charge in [0.2, 0.25) is 0 Å². The molecule has 0 radical (unpaired) electrons. The molecule has 0 aliphatic carbocycles. The molecule has 0 aliphatic heterocycles. The minimum atomic E-state index is -0.0551. The highest BCUT2D eigenvalue weighted by Crippen LogP contribution is 2.18. The molecule has 0 amide bonds. The monoisotopic (exact) mass is 323 g/mol. The van der Waals surface area contributed by atoms with Gasteiger partial charge in [-0.25, -0.2) is 0 Å². The third kappa shape index (κ3) is 3.81. The summed E-state index contributed by atoms with van der Waals surface area (Å²) in [6.45, 7) is 1.45. The quantitative estimate of drug-likeness (QED) is 0.757. The van der Waals surface area contributed by atoms with E-state index in [0.29, 0.717) is 6.54 Å². The van der Waals surface area contributed by atoms with E-state index in [-0.39, 0.29) is 5.56 Å². The van der Waals surface area contributed by atoms with Crippen LogP contribution in [0.5, 0.6) is 5.75 Å². The minimum absolute atomic E-state index is 0.0551. The average molecular weight is 323 g/mol. The molecule has 1 N–H and O–H groups in total. The Morgan fingerprint density at radius 1 is 1.21 bits per heavy atom. The number of hydrogen-bond donors (Lipinski definition) is 1. The smallest absolute Gasteiger partial charge is 0.252 e. The molecule has 2 heterocycles. The van der Waals surface area contributed by atoms with Crippen LogP contribution in [0.15, 0.2) is 53.5 Å². The standard InChI is InChI=1S/C19H21N3O2/c1-22(10-8-16-5-3-4-9-20-16)13-15-11-14-6-7-17(24-2)12-18(14)21-19(15)23/h3-7,9,11-12H,8,10,13H2,1-2H3,(H,21,23). The zero-order valence-electron chi connectivity index (χ0n) is 14.0. The number of nitrogens with zero attached hydrogens (tertiary/aromatic N) is 2. The maximum atomic E-state index is 12.3. The van der Waals surface area contributed by atoms with E-state index in [1.54, 1.807) is 13.3 Å². The van der Waals surface area contributed by atoms with Gasteiger partial charge in [-0.1, -0.05) is 6.07 Å². The van der Waals surface area contributed by atoms with Crippen LogP contribution in [0.25, 0.3) is 10.9 Å². The molecule has 0 atom stereocenters. The topological polar surface area (TPSA) is 58.2 Å². The van der Waals surface area contributed by atoms with E-state index in [1.165, 1.54) is 0 Å². The normalized spacial score (nSPS) is 11.1. The molecule has 1 aromatic carbocycles. The van der Waals surface area contributed by atoms with E-state index in [0.717, 1.165) is 40.9 Å². The fourth-order valence-corrected chi connectivity index (χ4v) is 2.69. The molecule has 24 heavy (non-hydrogen) atoms. The second-order valence-corrected chi connectivity index (χ2v) is 5.89. The van der Waals surface area contributed by atoms with Crippen LogP contribution in [0.1, 0.15) is 11.3 Å². The van der Waals surface area contributed by atoms with Gasteiger partial charge < -0.3 is 14.6 Å². The first-order valence-electron chi connectivity index (χ1n) is 7.94. The summed E-state index contributed by atoms with van der Waals surface area (Å²) in [5.41, 5.74) is 2.56. The van der Waals surface area contributed by atoms with Crippen molar-refractivity contribution in [3.05, 3.63) is 70.3 Å². The molecular formula is C19H21N3O2. The number of benzene rings is 1. The van der Waals surface area contributed by atoms with Gasteiger partial charge in [0.1, 0.15) is 5.75 Å². The maximum Gasteiger partial charge on any atom is 0.252 e. The Kier molecular flexibility index (Phi) is 4.91. The fourth-order valence-electron chi connectivity index (χ4n) is 2.69. The molecule has 0 spiro atoms. The summed E-state index contributed by atoms with van der Waals surface area (Å²) >= 11 is 0. The SMILES string of the molecule is COc1ccc2cc(CN(C)CCc3ccccn3)c(=O)[nH]c2c1. The van der Waals surface area contributed by atoms with E-state index in [4.69, 9.17) is 4.74 Å². The summed E-state index contributed by atoms with van der Waals surface area (Å²) in [5.74, 6) is 0.735. The summed E-state index contributed by atoms with van der Waals surface area (Å²) in [5, 5.41) is 1.00. The van der Waals surface area contributed by atoms with E-state index < -0.39 is 0 Å². The lowest BCUT2D eigenvalue weighted by molar-refractivity contribution is 0.329. The van der Waals surface area contributed by atoms with E-state index in [9.17, 15) is 4.79 Å². The Hall–Kier alpha value is -2.66. The molecule has 5 nitrogen and oxygen atoms in total. The van der Waals surface area contributed by atoms with Gasteiger partial charge in [-0.3, -0.25) is 9.78 Å². The maximum absolute atomic E-state index is 12.3. The third-order valence-electron chi connectivity index (χ3n) is 4.05. The molecule has 0 saturated heterocycles. The lowest BCUT2D eigenvalue weighted by Crippen LogP contribution is -2.25. The number of ether oxygens (including phenoxy) is 1. The van der Waals surface area contributed by atoms with Gasteiger partial charge in [0.05, 0.1) is 12.6 Å². The van der Waals surface area contributed by atoms with Gasteiger partial charge in [-0.05, 0) is 42.8 Å².